The van der Waals surface area contributed by atoms with Gasteiger partial charge in [-0.1, -0.05) is 23.2 Å². The Bertz CT molecular complexity index is 479. The predicted octanol–water partition coefficient (Wildman–Crippen LogP) is 3.45. The number of piperidine rings is 1. The summed E-state index contributed by atoms with van der Waals surface area (Å²) in [6.07, 6.45) is 3.35. The number of ether oxygens (including phenoxy) is 1. The van der Waals surface area contributed by atoms with Gasteiger partial charge in [-0.15, -0.1) is 0 Å². The van der Waals surface area contributed by atoms with Gasteiger partial charge in [-0.05, 0) is 25.3 Å². The van der Waals surface area contributed by atoms with Crippen molar-refractivity contribution in [1.29, 1.82) is 0 Å². The molecule has 2 aliphatic rings. The number of phenols is 1. The summed E-state index contributed by atoms with van der Waals surface area (Å²) in [6.45, 7) is 3.62. The summed E-state index contributed by atoms with van der Waals surface area (Å²) in [7, 11) is 0. The Labute approximate surface area is 123 Å². The maximum absolute atomic E-state index is 9.91. The third kappa shape index (κ3) is 2.70. The van der Waals surface area contributed by atoms with Crippen LogP contribution < -0.4 is 0 Å². The first kappa shape index (κ1) is 13.5. The topological polar surface area (TPSA) is 32.7 Å². The van der Waals surface area contributed by atoms with E-state index in [1.807, 2.05) is 0 Å². The van der Waals surface area contributed by atoms with Gasteiger partial charge in [-0.2, -0.15) is 0 Å². The highest BCUT2D eigenvalue weighted by Crippen LogP contribution is 2.37. The molecule has 2 fully saturated rings. The smallest absolute Gasteiger partial charge is 0.121 e. The van der Waals surface area contributed by atoms with Crippen LogP contribution in [0.4, 0.5) is 0 Å². The van der Waals surface area contributed by atoms with Crippen molar-refractivity contribution in [1.82, 2.24) is 4.90 Å². The van der Waals surface area contributed by atoms with Crippen LogP contribution in [0.3, 0.4) is 0 Å². The van der Waals surface area contributed by atoms with Crippen molar-refractivity contribution in [3.63, 3.8) is 0 Å². The third-order valence-electron chi connectivity index (χ3n) is 4.25. The second-order valence-electron chi connectivity index (χ2n) is 5.45. The van der Waals surface area contributed by atoms with Gasteiger partial charge in [0, 0.05) is 31.3 Å². The standard InChI is InChI=1S/C14H17Cl2NO2/c15-11-7-10(13(18)8-12(11)16)9-17-4-1-14(2-5-17)3-6-19-14/h7-8,18H,1-6,9H2. The second-order valence-corrected chi connectivity index (χ2v) is 6.27. The molecule has 19 heavy (non-hydrogen) atoms. The molecule has 1 aromatic carbocycles. The summed E-state index contributed by atoms with van der Waals surface area (Å²) in [6, 6.07) is 3.27. The molecule has 1 aromatic rings. The molecular weight excluding hydrogens is 285 g/mol. The highest BCUT2D eigenvalue weighted by molar-refractivity contribution is 6.42. The molecule has 2 saturated heterocycles. The number of halogens is 2. The molecule has 3 rings (SSSR count). The molecule has 0 saturated carbocycles. The lowest BCUT2D eigenvalue weighted by Gasteiger charge is -2.47. The van der Waals surface area contributed by atoms with Gasteiger partial charge in [0.2, 0.25) is 0 Å². The number of nitrogens with zero attached hydrogens (tertiary/aromatic N) is 1. The summed E-state index contributed by atoms with van der Waals surface area (Å²) in [5, 5.41) is 10.8. The van der Waals surface area contributed by atoms with E-state index in [4.69, 9.17) is 27.9 Å². The first-order chi connectivity index (χ1) is 9.08. The number of likely N-dealkylation sites (tertiary alicyclic amines) is 1. The van der Waals surface area contributed by atoms with E-state index in [-0.39, 0.29) is 11.4 Å². The maximum Gasteiger partial charge on any atom is 0.121 e. The largest absolute Gasteiger partial charge is 0.508 e. The molecule has 104 valence electrons. The zero-order valence-corrected chi connectivity index (χ0v) is 12.2. The fourth-order valence-corrected chi connectivity index (χ4v) is 3.19. The van der Waals surface area contributed by atoms with Gasteiger partial charge in [-0.3, -0.25) is 4.90 Å². The maximum atomic E-state index is 9.91. The van der Waals surface area contributed by atoms with Crippen LogP contribution in [0.15, 0.2) is 12.1 Å². The van der Waals surface area contributed by atoms with Crippen LogP contribution >= 0.6 is 23.2 Å². The fraction of sp³-hybridized carbons (Fsp3) is 0.571. The molecular formula is C14H17Cl2NO2. The van der Waals surface area contributed by atoms with Crippen LogP contribution in [0.5, 0.6) is 5.75 Å². The van der Waals surface area contributed by atoms with Gasteiger partial charge in [0.25, 0.3) is 0 Å². The summed E-state index contributed by atoms with van der Waals surface area (Å²) < 4.78 is 5.70. The summed E-state index contributed by atoms with van der Waals surface area (Å²) in [4.78, 5) is 2.33. The van der Waals surface area contributed by atoms with Gasteiger partial charge >= 0.3 is 0 Å². The van der Waals surface area contributed by atoms with Gasteiger partial charge in [0.05, 0.1) is 22.3 Å². The number of hydrogen-bond acceptors (Lipinski definition) is 3. The minimum absolute atomic E-state index is 0.163. The zero-order chi connectivity index (χ0) is 13.5. The molecule has 1 spiro atoms. The van der Waals surface area contributed by atoms with Crippen molar-refractivity contribution >= 4 is 23.2 Å². The summed E-state index contributed by atoms with van der Waals surface area (Å²) in [5.41, 5.74) is 0.996. The average molecular weight is 302 g/mol. The molecule has 0 radical (unpaired) electrons. The molecule has 0 atom stereocenters. The van der Waals surface area contributed by atoms with Gasteiger partial charge in [0.1, 0.15) is 5.75 Å². The summed E-state index contributed by atoms with van der Waals surface area (Å²) in [5.74, 6) is 0.217. The van der Waals surface area contributed by atoms with Crippen molar-refractivity contribution in [2.75, 3.05) is 19.7 Å². The van der Waals surface area contributed by atoms with Crippen LogP contribution in [0.1, 0.15) is 24.8 Å². The van der Waals surface area contributed by atoms with Crippen LogP contribution in [-0.4, -0.2) is 35.3 Å². The first-order valence-electron chi connectivity index (χ1n) is 6.61. The Balaban J connectivity index is 1.64. The molecule has 3 nitrogen and oxygen atoms in total. The molecule has 1 N–H and O–H groups in total. The molecule has 0 bridgehead atoms. The van der Waals surface area contributed by atoms with E-state index in [9.17, 15) is 5.11 Å². The van der Waals surface area contributed by atoms with Crippen LogP contribution in [-0.2, 0) is 11.3 Å². The Hall–Kier alpha value is -0.480. The minimum Gasteiger partial charge on any atom is -0.508 e. The van der Waals surface area contributed by atoms with Crippen molar-refractivity contribution in [3.8, 4) is 5.75 Å². The van der Waals surface area contributed by atoms with Crippen molar-refractivity contribution in [2.45, 2.75) is 31.4 Å². The Morgan fingerprint density at radius 1 is 1.16 bits per heavy atom. The first-order valence-corrected chi connectivity index (χ1v) is 7.37. The van der Waals surface area contributed by atoms with Crippen LogP contribution in [0.2, 0.25) is 10.0 Å². The lowest BCUT2D eigenvalue weighted by atomic mass is 9.84. The lowest BCUT2D eigenvalue weighted by Crippen LogP contribution is -2.52. The van der Waals surface area contributed by atoms with E-state index >= 15 is 0 Å². The van der Waals surface area contributed by atoms with Gasteiger partial charge < -0.3 is 9.84 Å². The Morgan fingerprint density at radius 2 is 1.79 bits per heavy atom. The number of hydrogen-bond donors (Lipinski definition) is 1. The molecule has 0 aromatic heterocycles. The molecule has 0 unspecified atom stereocenters. The second kappa shape index (κ2) is 5.13. The molecule has 0 aliphatic carbocycles. The van der Waals surface area contributed by atoms with E-state index in [1.165, 1.54) is 12.5 Å². The zero-order valence-electron chi connectivity index (χ0n) is 10.7. The number of aromatic hydroxyl groups is 1. The average Bonchev–Trinajstić information content (AvgIpc) is 2.35. The van der Waals surface area contributed by atoms with E-state index in [0.717, 1.165) is 38.1 Å². The van der Waals surface area contributed by atoms with Crippen molar-refractivity contribution in [3.05, 3.63) is 27.7 Å². The number of phenolic OH excluding ortho intramolecular Hbond substituents is 1. The van der Waals surface area contributed by atoms with Gasteiger partial charge in [-0.25, -0.2) is 0 Å². The quantitative estimate of drug-likeness (QED) is 0.908. The molecule has 5 heteroatoms. The SMILES string of the molecule is Oc1cc(Cl)c(Cl)cc1CN1CCC2(CCO2)CC1. The highest BCUT2D eigenvalue weighted by Gasteiger charge is 2.40. The predicted molar refractivity (Wildman–Crippen MR) is 75.9 cm³/mol. The minimum atomic E-state index is 0.163. The monoisotopic (exact) mass is 301 g/mol. The Morgan fingerprint density at radius 3 is 2.37 bits per heavy atom. The van der Waals surface area contributed by atoms with E-state index in [2.05, 4.69) is 4.90 Å². The van der Waals surface area contributed by atoms with Crippen molar-refractivity contribution in [2.24, 2.45) is 0 Å². The highest BCUT2D eigenvalue weighted by atomic mass is 35.5. The molecule has 2 heterocycles. The fourth-order valence-electron chi connectivity index (χ4n) is 2.85. The number of rotatable bonds is 2. The van der Waals surface area contributed by atoms with E-state index < -0.39 is 0 Å². The molecule has 2 aliphatic heterocycles. The van der Waals surface area contributed by atoms with Crippen LogP contribution in [0.25, 0.3) is 0 Å². The third-order valence-corrected chi connectivity index (χ3v) is 4.97. The van der Waals surface area contributed by atoms with E-state index in [1.54, 1.807) is 6.07 Å². The van der Waals surface area contributed by atoms with Crippen LogP contribution in [0, 0.1) is 0 Å². The van der Waals surface area contributed by atoms with Crippen molar-refractivity contribution < 1.29 is 9.84 Å². The number of benzene rings is 1. The van der Waals surface area contributed by atoms with E-state index in [0.29, 0.717) is 16.6 Å². The molecule has 0 amide bonds. The normalized spacial score (nSPS) is 22.4. The van der Waals surface area contributed by atoms with Gasteiger partial charge in [0.15, 0.2) is 0 Å². The Kier molecular flexibility index (Phi) is 3.65. The summed E-state index contributed by atoms with van der Waals surface area (Å²) >= 11 is 11.9. The lowest BCUT2D eigenvalue weighted by molar-refractivity contribution is -0.173.